The van der Waals surface area contributed by atoms with Gasteiger partial charge in [0.05, 0.1) is 6.10 Å². The molecule has 2 fully saturated rings. The molecule has 0 radical (unpaired) electrons. The van der Waals surface area contributed by atoms with Crippen LogP contribution in [0.15, 0.2) is 23.8 Å². The lowest BCUT2D eigenvalue weighted by atomic mass is 9.45. The number of carbonyl (C=O) groups is 2. The van der Waals surface area contributed by atoms with Crippen molar-refractivity contribution >= 4 is 11.6 Å². The van der Waals surface area contributed by atoms with Gasteiger partial charge in [-0.15, -0.1) is 0 Å². The molecular formula is C22H29FO5. The highest BCUT2D eigenvalue weighted by Gasteiger charge is 2.75. The number of aliphatic hydroxyl groups is 3. The lowest BCUT2D eigenvalue weighted by molar-refractivity contribution is -0.215. The van der Waals surface area contributed by atoms with E-state index in [0.29, 0.717) is 18.4 Å². The number of hydrogen-bond donors (Lipinski definition) is 3. The van der Waals surface area contributed by atoms with Crippen LogP contribution in [-0.4, -0.2) is 50.9 Å². The van der Waals surface area contributed by atoms with Crippen LogP contribution in [-0.2, 0) is 9.59 Å². The number of hydrogen-bond acceptors (Lipinski definition) is 5. The first-order valence-corrected chi connectivity index (χ1v) is 10.1. The molecule has 3 N–H and O–H groups in total. The zero-order chi connectivity index (χ0) is 20.7. The average Bonchev–Trinajstić information content (AvgIpc) is 2.84. The highest BCUT2D eigenvalue weighted by atomic mass is 19.1. The van der Waals surface area contributed by atoms with Gasteiger partial charge in [0.25, 0.3) is 0 Å². The standard InChI is InChI=1S/C22H29FO5/c1-12-8-16-15-5-4-13-9-14(25)6-7-19(13,2)21(15,23)17(26)10-20(16,3)22(12,28)18(27)11-24/h4,6-7,12,15-17,24,26,28H,5,8-11H2,1-3H3/t12-,15?,16?,17+,19?,20?,21+,22+/m1/s1. The third-order valence-electron chi connectivity index (χ3n) is 8.75. The van der Waals surface area contributed by atoms with Crippen molar-refractivity contribution in [2.45, 2.75) is 63.8 Å². The number of carbonyl (C=O) groups excluding carboxylic acids is 2. The van der Waals surface area contributed by atoms with Gasteiger partial charge in [-0.25, -0.2) is 4.39 Å². The van der Waals surface area contributed by atoms with Crippen molar-refractivity contribution in [2.24, 2.45) is 28.6 Å². The van der Waals surface area contributed by atoms with Crippen molar-refractivity contribution in [3.8, 4) is 0 Å². The number of ketones is 2. The van der Waals surface area contributed by atoms with E-state index in [1.165, 1.54) is 6.08 Å². The maximum absolute atomic E-state index is 16.9. The van der Waals surface area contributed by atoms with Crippen LogP contribution in [0, 0.1) is 28.6 Å². The van der Waals surface area contributed by atoms with E-state index < -0.39 is 52.4 Å². The van der Waals surface area contributed by atoms with Gasteiger partial charge in [0.2, 0.25) is 0 Å². The van der Waals surface area contributed by atoms with Crippen molar-refractivity contribution in [3.05, 3.63) is 23.8 Å². The first-order chi connectivity index (χ1) is 13.0. The first kappa shape index (κ1) is 19.9. The Hall–Kier alpha value is -1.37. The maximum atomic E-state index is 16.9. The minimum Gasteiger partial charge on any atom is -0.390 e. The molecule has 4 aliphatic rings. The Balaban J connectivity index is 1.85. The number of halogens is 1. The van der Waals surface area contributed by atoms with E-state index in [0.717, 1.165) is 0 Å². The number of Topliss-reactive ketones (excluding diaryl/α,β-unsaturated/α-hetero) is 1. The minimum atomic E-state index is -1.98. The van der Waals surface area contributed by atoms with Crippen LogP contribution in [0.5, 0.6) is 0 Å². The molecule has 4 aliphatic carbocycles. The summed E-state index contributed by atoms with van der Waals surface area (Å²) in [6.45, 7) is 4.47. The van der Waals surface area contributed by atoms with Crippen molar-refractivity contribution < 1.29 is 29.3 Å². The Bertz CT molecular complexity index is 805. The largest absolute Gasteiger partial charge is 0.390 e. The van der Waals surface area contributed by atoms with Crippen LogP contribution in [0.3, 0.4) is 0 Å². The van der Waals surface area contributed by atoms with Gasteiger partial charge in [-0.1, -0.05) is 31.6 Å². The molecular weight excluding hydrogens is 363 g/mol. The molecule has 28 heavy (non-hydrogen) atoms. The SMILES string of the molecule is C[C@@H]1CC2C3CC=C4CC(=O)C=CC4(C)[C@@]3(F)[C@@H](O)CC2(C)[C@@]1(O)C(=O)CO. The smallest absolute Gasteiger partial charge is 0.190 e. The number of rotatable bonds is 2. The van der Waals surface area contributed by atoms with Crippen LogP contribution in [0.1, 0.15) is 46.5 Å². The zero-order valence-corrected chi connectivity index (χ0v) is 16.6. The molecule has 5 nitrogen and oxygen atoms in total. The minimum absolute atomic E-state index is 0.0676. The Morgan fingerprint density at radius 3 is 2.64 bits per heavy atom. The van der Waals surface area contributed by atoms with E-state index in [2.05, 4.69) is 0 Å². The summed E-state index contributed by atoms with van der Waals surface area (Å²) in [5.41, 5.74) is -5.18. The molecule has 0 aromatic rings. The fourth-order valence-corrected chi connectivity index (χ4v) is 7.17. The van der Waals surface area contributed by atoms with Crippen molar-refractivity contribution in [1.82, 2.24) is 0 Å². The van der Waals surface area contributed by atoms with Crippen LogP contribution in [0.2, 0.25) is 0 Å². The molecule has 0 bridgehead atoms. The summed E-state index contributed by atoms with van der Waals surface area (Å²) < 4.78 is 16.9. The number of alkyl halides is 1. The first-order valence-electron chi connectivity index (χ1n) is 10.1. The fraction of sp³-hybridized carbons (Fsp3) is 0.727. The number of fused-ring (bicyclic) bond motifs is 5. The lowest BCUT2D eigenvalue weighted by Crippen LogP contribution is -2.69. The van der Waals surface area contributed by atoms with Gasteiger partial charge in [-0.05, 0) is 44.1 Å². The van der Waals surface area contributed by atoms with E-state index in [9.17, 15) is 24.9 Å². The van der Waals surface area contributed by atoms with Crippen LogP contribution in [0.4, 0.5) is 4.39 Å². The van der Waals surface area contributed by atoms with Crippen LogP contribution < -0.4 is 0 Å². The Morgan fingerprint density at radius 2 is 2.00 bits per heavy atom. The molecule has 4 rings (SSSR count). The topological polar surface area (TPSA) is 94.8 Å². The number of allylic oxidation sites excluding steroid dienone is 4. The normalized spacial score (nSPS) is 52.5. The van der Waals surface area contributed by atoms with E-state index in [1.807, 2.05) is 6.08 Å². The molecule has 2 saturated carbocycles. The predicted octanol–water partition coefficient (Wildman–Crippen LogP) is 1.90. The van der Waals surface area contributed by atoms with Gasteiger partial charge in [0, 0.05) is 23.2 Å². The summed E-state index contributed by atoms with van der Waals surface area (Å²) in [6.07, 6.45) is 4.41. The molecule has 4 unspecified atom stereocenters. The van der Waals surface area contributed by atoms with Gasteiger partial charge >= 0.3 is 0 Å². The van der Waals surface area contributed by atoms with Gasteiger partial charge in [0.15, 0.2) is 17.2 Å². The second kappa shape index (κ2) is 5.83. The molecule has 6 heteroatoms. The van der Waals surface area contributed by atoms with E-state index in [-0.39, 0.29) is 24.5 Å². The summed E-state index contributed by atoms with van der Waals surface area (Å²) in [7, 11) is 0. The zero-order valence-electron chi connectivity index (χ0n) is 16.6. The monoisotopic (exact) mass is 392 g/mol. The van der Waals surface area contributed by atoms with Crippen molar-refractivity contribution in [3.63, 3.8) is 0 Å². The highest BCUT2D eigenvalue weighted by Crippen LogP contribution is 2.70. The van der Waals surface area contributed by atoms with E-state index in [1.54, 1.807) is 26.8 Å². The summed E-state index contributed by atoms with van der Waals surface area (Å²) in [4.78, 5) is 24.4. The second-order valence-electron chi connectivity index (χ2n) is 9.75. The maximum Gasteiger partial charge on any atom is 0.190 e. The predicted molar refractivity (Wildman–Crippen MR) is 99.9 cm³/mol. The summed E-state index contributed by atoms with van der Waals surface area (Å²) in [5.74, 6) is -2.09. The summed E-state index contributed by atoms with van der Waals surface area (Å²) in [5, 5.41) is 32.0. The van der Waals surface area contributed by atoms with Gasteiger partial charge < -0.3 is 15.3 Å². The van der Waals surface area contributed by atoms with Crippen molar-refractivity contribution in [1.29, 1.82) is 0 Å². The molecule has 0 aromatic heterocycles. The second-order valence-corrected chi connectivity index (χ2v) is 9.75. The summed E-state index contributed by atoms with van der Waals surface area (Å²) in [6, 6.07) is 0. The van der Waals surface area contributed by atoms with Gasteiger partial charge in [-0.2, -0.15) is 0 Å². The Morgan fingerprint density at radius 1 is 1.32 bits per heavy atom. The quantitative estimate of drug-likeness (QED) is 0.624. The van der Waals surface area contributed by atoms with Crippen molar-refractivity contribution in [2.75, 3.05) is 6.61 Å². The third kappa shape index (κ3) is 2.01. The lowest BCUT2D eigenvalue weighted by Gasteiger charge is -2.62. The molecule has 0 amide bonds. The third-order valence-corrected chi connectivity index (χ3v) is 8.75. The Labute approximate surface area is 164 Å². The summed E-state index contributed by atoms with van der Waals surface area (Å²) >= 11 is 0. The molecule has 8 atom stereocenters. The van der Waals surface area contributed by atoms with Gasteiger partial charge in [-0.3, -0.25) is 9.59 Å². The molecule has 0 heterocycles. The molecule has 0 aromatic carbocycles. The molecule has 0 saturated heterocycles. The van der Waals surface area contributed by atoms with Crippen LogP contribution >= 0.6 is 0 Å². The molecule has 0 aliphatic heterocycles. The van der Waals surface area contributed by atoms with E-state index in [4.69, 9.17) is 0 Å². The number of aliphatic hydroxyl groups excluding tert-OH is 2. The molecule has 0 spiro atoms. The highest BCUT2D eigenvalue weighted by molar-refractivity contribution is 5.93. The molecule has 154 valence electrons. The van der Waals surface area contributed by atoms with Gasteiger partial charge in [0.1, 0.15) is 12.2 Å². The van der Waals surface area contributed by atoms with Crippen LogP contribution in [0.25, 0.3) is 0 Å². The Kier molecular flexibility index (Phi) is 4.15. The van der Waals surface area contributed by atoms with E-state index >= 15 is 4.39 Å². The average molecular weight is 392 g/mol. The fourth-order valence-electron chi connectivity index (χ4n) is 7.17.